The molecule has 2 rings (SSSR count). The number of phenols is 1. The molecule has 0 saturated carbocycles. The van der Waals surface area contributed by atoms with Crippen LogP contribution >= 0.6 is 12.2 Å². The zero-order valence-electron chi connectivity index (χ0n) is 13.0. The number of benzene rings is 1. The molecule has 2 amide bonds. The molecule has 1 aliphatic rings. The second-order valence-corrected chi connectivity index (χ2v) is 5.26. The molecule has 1 aromatic rings. The molecule has 130 valence electrons. The van der Waals surface area contributed by atoms with Crippen LogP contribution in [0.15, 0.2) is 30.4 Å². The number of carbonyl (C=O) groups excluding carboxylic acids is 2. The van der Waals surface area contributed by atoms with Crippen molar-refractivity contribution in [3.8, 4) is 11.5 Å². The van der Waals surface area contributed by atoms with E-state index in [2.05, 4.69) is 11.9 Å². The minimum atomic E-state index is -0.804. The van der Waals surface area contributed by atoms with Crippen LogP contribution in [0.2, 0.25) is 0 Å². The first-order valence-corrected chi connectivity index (χ1v) is 7.26. The largest absolute Gasteiger partial charge is 0.500 e. The maximum atomic E-state index is 12.4. The maximum absolute atomic E-state index is 12.4. The van der Waals surface area contributed by atoms with Crippen molar-refractivity contribution in [2.45, 2.75) is 0 Å². The lowest BCUT2D eigenvalue weighted by Crippen LogP contribution is -2.53. The quantitative estimate of drug-likeness (QED) is 0.201. The molecule has 0 unspecified atom stereocenters. The summed E-state index contributed by atoms with van der Waals surface area (Å²) in [5.74, 6) is -2.21. The highest BCUT2D eigenvalue weighted by atomic mass is 32.1. The van der Waals surface area contributed by atoms with Crippen LogP contribution in [-0.4, -0.2) is 45.5 Å². The van der Waals surface area contributed by atoms with Gasteiger partial charge in [0.1, 0.15) is 5.57 Å². The Balaban J connectivity index is 2.54. The number of thiocarbonyl (C=S) groups is 1. The van der Waals surface area contributed by atoms with Crippen molar-refractivity contribution in [3.05, 3.63) is 46.0 Å². The van der Waals surface area contributed by atoms with Crippen LogP contribution < -0.4 is 10.1 Å². The average Bonchev–Trinajstić information content (AvgIpc) is 2.56. The molecule has 9 nitrogen and oxygen atoms in total. The van der Waals surface area contributed by atoms with Crippen molar-refractivity contribution >= 4 is 40.9 Å². The molecule has 1 heterocycles. The van der Waals surface area contributed by atoms with E-state index in [0.717, 1.165) is 17.0 Å². The average molecular weight is 363 g/mol. The summed E-state index contributed by atoms with van der Waals surface area (Å²) < 4.78 is 4.88. The lowest BCUT2D eigenvalue weighted by Gasteiger charge is -2.27. The first-order chi connectivity index (χ1) is 11.8. The number of carbonyl (C=O) groups is 2. The van der Waals surface area contributed by atoms with Crippen LogP contribution in [0.5, 0.6) is 11.5 Å². The second kappa shape index (κ2) is 7.09. The fourth-order valence-corrected chi connectivity index (χ4v) is 2.40. The smallest absolute Gasteiger partial charge is 0.315 e. The monoisotopic (exact) mass is 363 g/mol. The van der Waals surface area contributed by atoms with Crippen molar-refractivity contribution in [2.75, 3.05) is 13.7 Å². The van der Waals surface area contributed by atoms with E-state index in [9.17, 15) is 24.8 Å². The molecular weight excluding hydrogens is 350 g/mol. The SMILES string of the molecule is C=CCN1C(=O)/C(=C/c2cc(OC)c(O)c([N+](=O)[O-])c2)C(=O)NC1=S. The Hall–Kier alpha value is -3.27. The van der Waals surface area contributed by atoms with Crippen LogP contribution in [0, 0.1) is 10.1 Å². The van der Waals surface area contributed by atoms with E-state index < -0.39 is 28.2 Å². The molecule has 0 aliphatic carbocycles. The van der Waals surface area contributed by atoms with E-state index in [1.54, 1.807) is 0 Å². The molecule has 0 aromatic heterocycles. The Kier molecular flexibility index (Phi) is 5.13. The van der Waals surface area contributed by atoms with Crippen LogP contribution in [0.25, 0.3) is 6.08 Å². The molecule has 0 bridgehead atoms. The molecule has 25 heavy (non-hydrogen) atoms. The lowest BCUT2D eigenvalue weighted by molar-refractivity contribution is -0.386. The molecule has 1 fully saturated rings. The highest BCUT2D eigenvalue weighted by molar-refractivity contribution is 7.80. The molecule has 1 saturated heterocycles. The van der Waals surface area contributed by atoms with Gasteiger partial charge in [-0.05, 0) is 29.9 Å². The molecule has 0 spiro atoms. The Morgan fingerprint density at radius 2 is 2.16 bits per heavy atom. The third kappa shape index (κ3) is 3.48. The Morgan fingerprint density at radius 1 is 1.48 bits per heavy atom. The van der Waals surface area contributed by atoms with Gasteiger partial charge in [0.15, 0.2) is 10.9 Å². The van der Waals surface area contributed by atoms with Crippen LogP contribution in [0.1, 0.15) is 5.56 Å². The number of aromatic hydroxyl groups is 1. The van der Waals surface area contributed by atoms with Crippen LogP contribution in [0.3, 0.4) is 0 Å². The second-order valence-electron chi connectivity index (χ2n) is 4.87. The predicted octanol–water partition coefficient (Wildman–Crippen LogP) is 1.12. The summed E-state index contributed by atoms with van der Waals surface area (Å²) in [5.41, 5.74) is -0.753. The fraction of sp³-hybridized carbons (Fsp3) is 0.133. The van der Waals surface area contributed by atoms with Gasteiger partial charge in [-0.3, -0.25) is 29.9 Å². The first-order valence-electron chi connectivity index (χ1n) is 6.85. The van der Waals surface area contributed by atoms with Gasteiger partial charge in [-0.15, -0.1) is 6.58 Å². The maximum Gasteiger partial charge on any atom is 0.315 e. The van der Waals surface area contributed by atoms with Crippen molar-refractivity contribution < 1.29 is 24.4 Å². The summed E-state index contributed by atoms with van der Waals surface area (Å²) in [6.07, 6.45) is 2.60. The number of ether oxygens (including phenoxy) is 1. The van der Waals surface area contributed by atoms with E-state index in [-0.39, 0.29) is 28.5 Å². The number of rotatable bonds is 5. The molecule has 10 heteroatoms. The van der Waals surface area contributed by atoms with Gasteiger partial charge in [0.05, 0.1) is 12.0 Å². The van der Waals surface area contributed by atoms with E-state index in [1.165, 1.54) is 19.3 Å². The first kappa shape index (κ1) is 18.1. The number of amides is 2. The standard InChI is InChI=1S/C15H13N3O6S/c1-3-4-17-14(21)9(13(20)16-15(17)25)5-8-6-10(18(22)23)12(19)11(7-8)24-2/h3,5-7,19H,1,4H2,2H3,(H,16,20,25)/b9-5+. The molecule has 0 atom stereocenters. The number of nitro groups is 1. The highest BCUT2D eigenvalue weighted by Crippen LogP contribution is 2.37. The van der Waals surface area contributed by atoms with Crippen LogP contribution in [0.4, 0.5) is 5.69 Å². The third-order valence-electron chi connectivity index (χ3n) is 3.30. The van der Waals surface area contributed by atoms with Gasteiger partial charge in [0.2, 0.25) is 5.75 Å². The van der Waals surface area contributed by atoms with Crippen molar-refractivity contribution in [3.63, 3.8) is 0 Å². The number of phenolic OH excluding ortho intramolecular Hbond substituents is 1. The zero-order valence-corrected chi connectivity index (χ0v) is 13.8. The molecule has 2 N–H and O–H groups in total. The summed E-state index contributed by atoms with van der Waals surface area (Å²) in [6.45, 7) is 3.60. The van der Waals surface area contributed by atoms with Crippen molar-refractivity contribution in [1.29, 1.82) is 0 Å². The topological polar surface area (TPSA) is 122 Å². The normalized spacial score (nSPS) is 16.0. The summed E-state index contributed by atoms with van der Waals surface area (Å²) in [4.78, 5) is 35.8. The molecule has 0 radical (unpaired) electrons. The number of methoxy groups -OCH3 is 1. The van der Waals surface area contributed by atoms with Gasteiger partial charge in [-0.25, -0.2) is 0 Å². The number of hydrogen-bond acceptors (Lipinski definition) is 7. The number of nitrogens with one attached hydrogen (secondary N) is 1. The molecule has 1 aromatic carbocycles. The highest BCUT2D eigenvalue weighted by Gasteiger charge is 2.33. The fourth-order valence-electron chi connectivity index (χ4n) is 2.15. The Bertz CT molecular complexity index is 833. The van der Waals surface area contributed by atoms with E-state index >= 15 is 0 Å². The number of nitrogens with zero attached hydrogens (tertiary/aromatic N) is 2. The van der Waals surface area contributed by atoms with Gasteiger partial charge in [0.25, 0.3) is 11.8 Å². The minimum Gasteiger partial charge on any atom is -0.500 e. The van der Waals surface area contributed by atoms with Gasteiger partial charge in [-0.1, -0.05) is 6.08 Å². The minimum absolute atomic E-state index is 0.0543. The molecule has 1 aliphatic heterocycles. The Morgan fingerprint density at radius 3 is 2.72 bits per heavy atom. The van der Waals surface area contributed by atoms with Gasteiger partial charge < -0.3 is 9.84 Å². The third-order valence-corrected chi connectivity index (χ3v) is 3.62. The summed E-state index contributed by atoms with van der Waals surface area (Å²) in [5, 5.41) is 23.1. The Labute approximate surface area is 147 Å². The van der Waals surface area contributed by atoms with Crippen LogP contribution in [-0.2, 0) is 9.59 Å². The summed E-state index contributed by atoms with van der Waals surface area (Å²) >= 11 is 4.93. The van der Waals surface area contributed by atoms with E-state index in [1.807, 2.05) is 0 Å². The zero-order chi connectivity index (χ0) is 18.7. The van der Waals surface area contributed by atoms with Gasteiger partial charge >= 0.3 is 5.69 Å². The summed E-state index contributed by atoms with van der Waals surface area (Å²) in [7, 11) is 1.22. The van der Waals surface area contributed by atoms with Crippen molar-refractivity contribution in [2.24, 2.45) is 0 Å². The summed E-state index contributed by atoms with van der Waals surface area (Å²) in [6, 6.07) is 2.29. The lowest BCUT2D eigenvalue weighted by atomic mass is 10.1. The van der Waals surface area contributed by atoms with Crippen molar-refractivity contribution in [1.82, 2.24) is 10.2 Å². The van der Waals surface area contributed by atoms with E-state index in [0.29, 0.717) is 0 Å². The van der Waals surface area contributed by atoms with Gasteiger partial charge in [0, 0.05) is 12.6 Å². The predicted molar refractivity (Wildman–Crippen MR) is 91.9 cm³/mol. The van der Waals surface area contributed by atoms with E-state index in [4.69, 9.17) is 17.0 Å². The van der Waals surface area contributed by atoms with Gasteiger partial charge in [-0.2, -0.15) is 0 Å². The number of nitro benzene ring substituents is 1. The number of hydrogen-bond donors (Lipinski definition) is 2. The molecular formula is C15H13N3O6S.